The van der Waals surface area contributed by atoms with Crippen LogP contribution in [-0.4, -0.2) is 50.1 Å². The standard InChI is InChI=1S/C22H25N3O4/c1-25(2)21(26)11-16(18-12-24-19-8-6-14(23)10-17(18)19)15-7-5-13(22(27)29-4)9-20(15)28-3/h5-10,12,16,24H,11,23H2,1-4H3. The average Bonchev–Trinajstić information content (AvgIpc) is 3.13. The third kappa shape index (κ3) is 4.03. The summed E-state index contributed by atoms with van der Waals surface area (Å²) >= 11 is 0. The number of esters is 1. The smallest absolute Gasteiger partial charge is 0.337 e. The number of aromatic amines is 1. The molecular weight excluding hydrogens is 370 g/mol. The van der Waals surface area contributed by atoms with Crippen LogP contribution >= 0.6 is 0 Å². The number of aromatic nitrogens is 1. The van der Waals surface area contributed by atoms with Gasteiger partial charge in [-0.1, -0.05) is 6.07 Å². The number of nitrogens with two attached hydrogens (primary N) is 1. The Labute approximate surface area is 169 Å². The largest absolute Gasteiger partial charge is 0.496 e. The van der Waals surface area contributed by atoms with Crippen LogP contribution in [0.3, 0.4) is 0 Å². The third-order valence-corrected chi connectivity index (χ3v) is 5.02. The number of methoxy groups -OCH3 is 2. The maximum absolute atomic E-state index is 12.6. The van der Waals surface area contributed by atoms with Gasteiger partial charge in [0.2, 0.25) is 5.91 Å². The Bertz CT molecular complexity index is 1060. The molecule has 1 aromatic heterocycles. The van der Waals surface area contributed by atoms with Crippen molar-refractivity contribution in [3.63, 3.8) is 0 Å². The van der Waals surface area contributed by atoms with E-state index in [9.17, 15) is 9.59 Å². The molecule has 0 radical (unpaired) electrons. The number of ether oxygens (including phenoxy) is 2. The van der Waals surface area contributed by atoms with Gasteiger partial charge >= 0.3 is 5.97 Å². The Hall–Kier alpha value is -3.48. The molecule has 3 aromatic rings. The van der Waals surface area contributed by atoms with Crippen molar-refractivity contribution in [1.82, 2.24) is 9.88 Å². The Morgan fingerprint density at radius 3 is 2.52 bits per heavy atom. The van der Waals surface area contributed by atoms with E-state index >= 15 is 0 Å². The minimum Gasteiger partial charge on any atom is -0.496 e. The highest BCUT2D eigenvalue weighted by atomic mass is 16.5. The van der Waals surface area contributed by atoms with Gasteiger partial charge in [0.25, 0.3) is 0 Å². The number of H-pyrrole nitrogens is 1. The van der Waals surface area contributed by atoms with E-state index < -0.39 is 5.97 Å². The van der Waals surface area contributed by atoms with Crippen molar-refractivity contribution >= 4 is 28.5 Å². The first-order chi connectivity index (χ1) is 13.8. The van der Waals surface area contributed by atoms with E-state index in [1.807, 2.05) is 30.5 Å². The molecule has 1 atom stereocenters. The molecule has 1 unspecified atom stereocenters. The van der Waals surface area contributed by atoms with Gasteiger partial charge in [0.1, 0.15) is 5.75 Å². The Kier molecular flexibility index (Phi) is 5.77. The van der Waals surface area contributed by atoms with Crippen molar-refractivity contribution < 1.29 is 19.1 Å². The minimum absolute atomic E-state index is 0.0210. The summed E-state index contributed by atoms with van der Waals surface area (Å²) < 4.78 is 10.4. The second-order valence-electron chi connectivity index (χ2n) is 7.04. The maximum Gasteiger partial charge on any atom is 0.337 e. The number of hydrogen-bond acceptors (Lipinski definition) is 5. The first kappa shape index (κ1) is 20.3. The van der Waals surface area contributed by atoms with Crippen molar-refractivity contribution in [2.75, 3.05) is 34.0 Å². The van der Waals surface area contributed by atoms with Crippen LogP contribution in [0.2, 0.25) is 0 Å². The number of fused-ring (bicyclic) bond motifs is 1. The maximum atomic E-state index is 12.6. The van der Waals surface area contributed by atoms with E-state index in [1.54, 1.807) is 31.1 Å². The quantitative estimate of drug-likeness (QED) is 0.494. The van der Waals surface area contributed by atoms with Crippen LogP contribution in [0.15, 0.2) is 42.6 Å². The molecule has 2 aromatic carbocycles. The van der Waals surface area contributed by atoms with Gasteiger partial charge in [0.15, 0.2) is 0 Å². The molecule has 152 valence electrons. The Morgan fingerprint density at radius 1 is 1.10 bits per heavy atom. The van der Waals surface area contributed by atoms with Crippen molar-refractivity contribution in [1.29, 1.82) is 0 Å². The molecule has 29 heavy (non-hydrogen) atoms. The number of amides is 1. The Balaban J connectivity index is 2.17. The lowest BCUT2D eigenvalue weighted by Gasteiger charge is -2.22. The van der Waals surface area contributed by atoms with Gasteiger partial charge in [-0.05, 0) is 35.9 Å². The number of nitrogens with one attached hydrogen (secondary N) is 1. The van der Waals surface area contributed by atoms with E-state index in [2.05, 4.69) is 4.98 Å². The predicted molar refractivity (Wildman–Crippen MR) is 112 cm³/mol. The fourth-order valence-electron chi connectivity index (χ4n) is 3.44. The molecule has 0 saturated heterocycles. The van der Waals surface area contributed by atoms with E-state index in [0.29, 0.717) is 17.0 Å². The molecule has 3 N–H and O–H groups in total. The zero-order valence-corrected chi connectivity index (χ0v) is 17.0. The zero-order valence-electron chi connectivity index (χ0n) is 17.0. The molecule has 1 amide bonds. The number of carbonyl (C=O) groups excluding carboxylic acids is 2. The summed E-state index contributed by atoms with van der Waals surface area (Å²) in [5.74, 6) is -0.243. The van der Waals surface area contributed by atoms with Gasteiger partial charge in [-0.25, -0.2) is 4.79 Å². The summed E-state index contributed by atoms with van der Waals surface area (Å²) in [6.07, 6.45) is 2.13. The monoisotopic (exact) mass is 395 g/mol. The molecule has 0 bridgehead atoms. The highest BCUT2D eigenvalue weighted by Crippen LogP contribution is 2.39. The van der Waals surface area contributed by atoms with Crippen LogP contribution in [0.25, 0.3) is 10.9 Å². The molecule has 1 heterocycles. The van der Waals surface area contributed by atoms with Gasteiger partial charge < -0.3 is 25.1 Å². The van der Waals surface area contributed by atoms with Crippen molar-refractivity contribution in [2.45, 2.75) is 12.3 Å². The lowest BCUT2D eigenvalue weighted by molar-refractivity contribution is -0.128. The van der Waals surface area contributed by atoms with Crippen molar-refractivity contribution in [2.24, 2.45) is 0 Å². The van der Waals surface area contributed by atoms with Crippen LogP contribution in [0.5, 0.6) is 5.75 Å². The van der Waals surface area contributed by atoms with Crippen LogP contribution in [0, 0.1) is 0 Å². The second kappa shape index (κ2) is 8.26. The first-order valence-electron chi connectivity index (χ1n) is 9.18. The molecule has 7 nitrogen and oxygen atoms in total. The minimum atomic E-state index is -0.448. The summed E-state index contributed by atoms with van der Waals surface area (Å²) in [6, 6.07) is 10.8. The molecule has 0 saturated carbocycles. The van der Waals surface area contributed by atoms with Gasteiger partial charge in [-0.3, -0.25) is 4.79 Å². The lowest BCUT2D eigenvalue weighted by atomic mass is 9.86. The fraction of sp³-hybridized carbons (Fsp3) is 0.273. The molecule has 0 fully saturated rings. The highest BCUT2D eigenvalue weighted by Gasteiger charge is 2.26. The molecule has 7 heteroatoms. The summed E-state index contributed by atoms with van der Waals surface area (Å²) in [4.78, 5) is 29.3. The average molecular weight is 395 g/mol. The zero-order chi connectivity index (χ0) is 21.1. The van der Waals surface area contributed by atoms with E-state index in [4.69, 9.17) is 15.2 Å². The fourth-order valence-corrected chi connectivity index (χ4v) is 3.44. The topological polar surface area (TPSA) is 97.7 Å². The Morgan fingerprint density at radius 2 is 1.86 bits per heavy atom. The van der Waals surface area contributed by atoms with Crippen LogP contribution < -0.4 is 10.5 Å². The van der Waals surface area contributed by atoms with E-state index in [1.165, 1.54) is 14.2 Å². The number of carbonyl (C=O) groups is 2. The summed E-state index contributed by atoms with van der Waals surface area (Å²) in [5.41, 5.74) is 9.70. The normalized spacial score (nSPS) is 11.9. The first-order valence-corrected chi connectivity index (χ1v) is 9.18. The van der Waals surface area contributed by atoms with Gasteiger partial charge in [0.05, 0.1) is 19.8 Å². The van der Waals surface area contributed by atoms with Gasteiger partial charge in [-0.15, -0.1) is 0 Å². The van der Waals surface area contributed by atoms with E-state index in [-0.39, 0.29) is 18.2 Å². The number of benzene rings is 2. The number of hydrogen-bond donors (Lipinski definition) is 2. The summed E-state index contributed by atoms with van der Waals surface area (Å²) in [6.45, 7) is 0. The summed E-state index contributed by atoms with van der Waals surface area (Å²) in [5, 5.41) is 0.945. The third-order valence-electron chi connectivity index (χ3n) is 5.02. The van der Waals surface area contributed by atoms with Crippen LogP contribution in [0.1, 0.15) is 33.8 Å². The SMILES string of the molecule is COC(=O)c1ccc(C(CC(=O)N(C)C)c2c[nH]c3ccc(N)cc23)c(OC)c1. The molecule has 0 aliphatic carbocycles. The van der Waals surface area contributed by atoms with Crippen molar-refractivity contribution in [3.8, 4) is 5.75 Å². The molecule has 3 rings (SSSR count). The van der Waals surface area contributed by atoms with Gasteiger partial charge in [-0.2, -0.15) is 0 Å². The molecule has 0 spiro atoms. The van der Waals surface area contributed by atoms with E-state index in [0.717, 1.165) is 22.0 Å². The van der Waals surface area contributed by atoms with Crippen molar-refractivity contribution in [3.05, 3.63) is 59.3 Å². The number of nitrogens with zero attached hydrogens (tertiary/aromatic N) is 1. The summed E-state index contributed by atoms with van der Waals surface area (Å²) in [7, 11) is 6.32. The lowest BCUT2D eigenvalue weighted by Crippen LogP contribution is -2.24. The van der Waals surface area contributed by atoms with Crippen LogP contribution in [0.4, 0.5) is 5.69 Å². The molecule has 0 aliphatic heterocycles. The predicted octanol–water partition coefficient (Wildman–Crippen LogP) is 3.16. The molecule has 0 aliphatic rings. The van der Waals surface area contributed by atoms with Gasteiger partial charge in [0, 0.05) is 54.8 Å². The van der Waals surface area contributed by atoms with Crippen LogP contribution in [-0.2, 0) is 9.53 Å². The molecular formula is C22H25N3O4. The number of anilines is 1. The highest BCUT2D eigenvalue weighted by molar-refractivity contribution is 5.91. The number of nitrogen functional groups attached to an aromatic ring is 1. The number of rotatable bonds is 6. The second-order valence-corrected chi connectivity index (χ2v) is 7.04.